The van der Waals surface area contributed by atoms with Crippen molar-refractivity contribution in [1.82, 2.24) is 0 Å². The van der Waals surface area contributed by atoms with Crippen LogP contribution in [0.1, 0.15) is 5.56 Å². The minimum Gasteiger partial charge on any atom is -0.324 e. The van der Waals surface area contributed by atoms with Gasteiger partial charge in [0.25, 0.3) is 0 Å². The Hall–Kier alpha value is -1.65. The van der Waals surface area contributed by atoms with Crippen molar-refractivity contribution < 1.29 is 4.79 Å². The number of aryl methyl sites for hydroxylation is 1. The number of nitrogens with one attached hydrogen (secondary N) is 1. The van der Waals surface area contributed by atoms with E-state index in [0.29, 0.717) is 5.75 Å². The molecule has 0 aromatic heterocycles. The van der Waals surface area contributed by atoms with Crippen LogP contribution in [0, 0.1) is 6.92 Å². The summed E-state index contributed by atoms with van der Waals surface area (Å²) in [4.78, 5) is 14.3. The zero-order valence-corrected chi connectivity index (χ0v) is 14.2. The van der Waals surface area contributed by atoms with Crippen molar-refractivity contribution in [3.8, 4) is 0 Å². The van der Waals surface area contributed by atoms with Gasteiger partial charge in [0, 0.05) is 15.5 Å². The molecule has 1 amide bonds. The third-order valence-corrected chi connectivity index (χ3v) is 4.99. The largest absolute Gasteiger partial charge is 0.324 e. The first kappa shape index (κ1) is 16.7. The van der Waals surface area contributed by atoms with Crippen LogP contribution in [-0.4, -0.2) is 17.4 Å². The number of thioether (sulfide) groups is 2. The van der Waals surface area contributed by atoms with Gasteiger partial charge in [0.15, 0.2) is 0 Å². The number of amides is 1. The van der Waals surface area contributed by atoms with Gasteiger partial charge in [-0.05, 0) is 31.2 Å². The van der Waals surface area contributed by atoms with Crippen LogP contribution in [0.3, 0.4) is 0 Å². The molecule has 114 valence electrons. The first-order valence-electron chi connectivity index (χ1n) is 7.01. The van der Waals surface area contributed by atoms with E-state index in [0.717, 1.165) is 21.2 Å². The van der Waals surface area contributed by atoms with Crippen LogP contribution >= 0.6 is 23.5 Å². The molecule has 0 aliphatic heterocycles. The molecule has 2 aromatic rings. The molecule has 22 heavy (non-hydrogen) atoms. The maximum atomic E-state index is 12.1. The average Bonchev–Trinajstić information content (AvgIpc) is 2.53. The van der Waals surface area contributed by atoms with Crippen LogP contribution in [0.2, 0.25) is 0 Å². The van der Waals surface area contributed by atoms with Gasteiger partial charge in [0.2, 0.25) is 5.91 Å². The zero-order valence-electron chi connectivity index (χ0n) is 12.5. The van der Waals surface area contributed by atoms with E-state index in [4.69, 9.17) is 0 Å². The van der Waals surface area contributed by atoms with Crippen molar-refractivity contribution in [2.75, 3.05) is 16.8 Å². The van der Waals surface area contributed by atoms with E-state index in [1.54, 1.807) is 23.5 Å². The maximum absolute atomic E-state index is 12.1. The summed E-state index contributed by atoms with van der Waals surface area (Å²) in [6, 6.07) is 16.0. The monoisotopic (exact) mass is 329 g/mol. The summed E-state index contributed by atoms with van der Waals surface area (Å²) in [7, 11) is 0. The molecule has 0 radical (unpaired) electrons. The summed E-state index contributed by atoms with van der Waals surface area (Å²) in [6.45, 7) is 5.78. The van der Waals surface area contributed by atoms with Crippen molar-refractivity contribution in [2.45, 2.75) is 16.7 Å². The lowest BCUT2D eigenvalue weighted by Crippen LogP contribution is -2.14. The first-order chi connectivity index (χ1) is 10.7. The van der Waals surface area contributed by atoms with Crippen LogP contribution in [0.25, 0.3) is 0 Å². The van der Waals surface area contributed by atoms with Gasteiger partial charge >= 0.3 is 0 Å². The zero-order chi connectivity index (χ0) is 15.8. The van der Waals surface area contributed by atoms with Gasteiger partial charge in [-0.15, -0.1) is 30.1 Å². The highest BCUT2D eigenvalue weighted by atomic mass is 32.2. The van der Waals surface area contributed by atoms with Crippen molar-refractivity contribution >= 4 is 35.1 Å². The first-order valence-corrected chi connectivity index (χ1v) is 8.98. The fraction of sp³-hybridized carbons (Fsp3) is 0.167. The maximum Gasteiger partial charge on any atom is 0.234 e. The molecule has 0 spiro atoms. The topological polar surface area (TPSA) is 29.1 Å². The summed E-state index contributed by atoms with van der Waals surface area (Å²) >= 11 is 3.21. The minimum atomic E-state index is 0.0113. The average molecular weight is 329 g/mol. The molecule has 0 unspecified atom stereocenters. The minimum absolute atomic E-state index is 0.0113. The number of anilines is 1. The Kier molecular flexibility index (Phi) is 6.62. The molecule has 0 atom stereocenters. The van der Waals surface area contributed by atoms with Crippen molar-refractivity contribution in [3.05, 3.63) is 66.7 Å². The van der Waals surface area contributed by atoms with Crippen molar-refractivity contribution in [3.63, 3.8) is 0 Å². The lowest BCUT2D eigenvalue weighted by atomic mass is 10.2. The fourth-order valence-electron chi connectivity index (χ4n) is 1.81. The SMILES string of the molecule is C=CCSc1ccccc1NC(=O)CSc1ccc(C)cc1. The Bertz CT molecular complexity index is 638. The van der Waals surface area contributed by atoms with Crippen molar-refractivity contribution in [1.29, 1.82) is 0 Å². The van der Waals surface area contributed by atoms with Gasteiger partial charge in [0.1, 0.15) is 0 Å². The van der Waals surface area contributed by atoms with Gasteiger partial charge in [-0.25, -0.2) is 0 Å². The molecular formula is C18H19NOS2. The van der Waals surface area contributed by atoms with E-state index in [2.05, 4.69) is 31.0 Å². The number of carbonyl (C=O) groups excluding carboxylic acids is 1. The number of benzene rings is 2. The Labute approximate surface area is 140 Å². The summed E-state index contributed by atoms with van der Waals surface area (Å²) in [5.74, 6) is 1.24. The Morgan fingerprint density at radius 2 is 1.86 bits per heavy atom. The highest BCUT2D eigenvalue weighted by molar-refractivity contribution is 8.00. The number of para-hydroxylation sites is 1. The van der Waals surface area contributed by atoms with Gasteiger partial charge in [0.05, 0.1) is 11.4 Å². The van der Waals surface area contributed by atoms with E-state index in [-0.39, 0.29) is 5.91 Å². The summed E-state index contributed by atoms with van der Waals surface area (Å²) in [6.07, 6.45) is 1.86. The van der Waals surface area contributed by atoms with E-state index in [1.165, 1.54) is 5.56 Å². The number of hydrogen-bond acceptors (Lipinski definition) is 3. The van der Waals surface area contributed by atoms with E-state index < -0.39 is 0 Å². The predicted molar refractivity (Wildman–Crippen MR) is 97.9 cm³/mol. The van der Waals surface area contributed by atoms with Crippen LogP contribution in [0.5, 0.6) is 0 Å². The second-order valence-electron chi connectivity index (χ2n) is 4.75. The Morgan fingerprint density at radius 1 is 1.14 bits per heavy atom. The van der Waals surface area contributed by atoms with Crippen LogP contribution in [0.4, 0.5) is 5.69 Å². The van der Waals surface area contributed by atoms with Crippen LogP contribution in [0.15, 0.2) is 71.0 Å². The summed E-state index contributed by atoms with van der Waals surface area (Å²) in [5.41, 5.74) is 2.09. The molecule has 0 saturated carbocycles. The number of carbonyl (C=O) groups is 1. The van der Waals surface area contributed by atoms with Crippen LogP contribution < -0.4 is 5.32 Å². The molecule has 0 bridgehead atoms. The lowest BCUT2D eigenvalue weighted by Gasteiger charge is -2.10. The lowest BCUT2D eigenvalue weighted by molar-refractivity contribution is -0.113. The van der Waals surface area contributed by atoms with E-state index in [9.17, 15) is 4.79 Å². The quantitative estimate of drug-likeness (QED) is 0.572. The van der Waals surface area contributed by atoms with Gasteiger partial charge < -0.3 is 5.32 Å². The molecule has 0 fully saturated rings. The molecular weight excluding hydrogens is 310 g/mol. The molecule has 2 rings (SSSR count). The smallest absolute Gasteiger partial charge is 0.234 e. The van der Waals surface area contributed by atoms with Gasteiger partial charge in [-0.3, -0.25) is 4.79 Å². The van der Waals surface area contributed by atoms with Crippen LogP contribution in [-0.2, 0) is 4.79 Å². The molecule has 0 heterocycles. The standard InChI is InChI=1S/C18H19NOS2/c1-3-12-21-17-7-5-4-6-16(17)19-18(20)13-22-15-10-8-14(2)9-11-15/h3-11H,1,12-13H2,2H3,(H,19,20). The molecule has 4 heteroatoms. The predicted octanol–water partition coefficient (Wildman–Crippen LogP) is 5.00. The molecule has 1 N–H and O–H groups in total. The second kappa shape index (κ2) is 8.71. The van der Waals surface area contributed by atoms with Crippen molar-refractivity contribution in [2.24, 2.45) is 0 Å². The molecule has 0 aliphatic carbocycles. The summed E-state index contributed by atoms with van der Waals surface area (Å²) < 4.78 is 0. The van der Waals surface area contributed by atoms with E-state index in [1.807, 2.05) is 42.5 Å². The van der Waals surface area contributed by atoms with E-state index >= 15 is 0 Å². The van der Waals surface area contributed by atoms with Gasteiger partial charge in [-0.1, -0.05) is 35.9 Å². The molecule has 2 nitrogen and oxygen atoms in total. The third kappa shape index (κ3) is 5.28. The normalized spacial score (nSPS) is 10.2. The summed E-state index contributed by atoms with van der Waals surface area (Å²) in [5, 5.41) is 2.99. The Balaban J connectivity index is 1.91. The fourth-order valence-corrected chi connectivity index (χ4v) is 3.26. The number of rotatable bonds is 7. The second-order valence-corrected chi connectivity index (χ2v) is 6.86. The number of hydrogen-bond donors (Lipinski definition) is 1. The molecule has 0 saturated heterocycles. The highest BCUT2D eigenvalue weighted by Gasteiger charge is 2.07. The highest BCUT2D eigenvalue weighted by Crippen LogP contribution is 2.27. The molecule has 0 aliphatic rings. The third-order valence-electron chi connectivity index (χ3n) is 2.91. The Morgan fingerprint density at radius 3 is 2.59 bits per heavy atom. The van der Waals surface area contributed by atoms with Gasteiger partial charge in [-0.2, -0.15) is 0 Å². The molecule has 2 aromatic carbocycles.